The minimum atomic E-state index is -0.614. The van der Waals surface area contributed by atoms with E-state index < -0.39 is 5.97 Å². The standard InChI is InChI=1S/C24H40O2/c1-16(22(25)26)7-8-18-10-12-20-19-11-9-17-6-4-5-14-23(17,2)21(19)13-15-24(18,20)3/h16-21H,4-15H2,1-3H3,(H,25,26). The lowest BCUT2D eigenvalue weighted by molar-refractivity contribution is -0.141. The molecule has 0 saturated heterocycles. The summed E-state index contributed by atoms with van der Waals surface area (Å²) in [5.41, 5.74) is 1.13. The zero-order valence-corrected chi connectivity index (χ0v) is 17.3. The SMILES string of the molecule is CC(CCC1CCC2C3CCC4CCCCC4(C)C3CCC12C)C(=O)O. The minimum absolute atomic E-state index is 0.175. The van der Waals surface area contributed by atoms with Crippen LogP contribution in [0.4, 0.5) is 0 Å². The summed E-state index contributed by atoms with van der Waals surface area (Å²) in [4.78, 5) is 11.2. The van der Waals surface area contributed by atoms with E-state index in [1.165, 1.54) is 64.2 Å². The van der Waals surface area contributed by atoms with Gasteiger partial charge in [-0.1, -0.05) is 33.6 Å². The van der Waals surface area contributed by atoms with Gasteiger partial charge in [-0.3, -0.25) is 4.79 Å². The van der Waals surface area contributed by atoms with Gasteiger partial charge in [0.15, 0.2) is 0 Å². The van der Waals surface area contributed by atoms with E-state index in [9.17, 15) is 9.90 Å². The molecule has 148 valence electrons. The lowest BCUT2D eigenvalue weighted by atomic mass is 9.45. The highest BCUT2D eigenvalue weighted by Crippen LogP contribution is 2.67. The van der Waals surface area contributed by atoms with Crippen LogP contribution in [0.2, 0.25) is 0 Å². The van der Waals surface area contributed by atoms with Gasteiger partial charge in [0.25, 0.3) is 0 Å². The summed E-state index contributed by atoms with van der Waals surface area (Å²) >= 11 is 0. The van der Waals surface area contributed by atoms with Gasteiger partial charge in [0, 0.05) is 0 Å². The molecular weight excluding hydrogens is 320 g/mol. The van der Waals surface area contributed by atoms with Crippen molar-refractivity contribution in [1.29, 1.82) is 0 Å². The number of carbonyl (C=O) groups is 1. The van der Waals surface area contributed by atoms with Gasteiger partial charge in [0.05, 0.1) is 5.92 Å². The van der Waals surface area contributed by atoms with Crippen molar-refractivity contribution in [3.8, 4) is 0 Å². The summed E-state index contributed by atoms with van der Waals surface area (Å²) in [6, 6.07) is 0. The van der Waals surface area contributed by atoms with Crippen LogP contribution in [-0.4, -0.2) is 11.1 Å². The highest BCUT2D eigenvalue weighted by atomic mass is 16.4. The van der Waals surface area contributed by atoms with Gasteiger partial charge in [0.2, 0.25) is 0 Å². The summed E-state index contributed by atoms with van der Waals surface area (Å²) in [5.74, 6) is 3.86. The van der Waals surface area contributed by atoms with Crippen molar-refractivity contribution < 1.29 is 9.90 Å². The molecule has 0 aromatic carbocycles. The van der Waals surface area contributed by atoms with Crippen LogP contribution in [0.25, 0.3) is 0 Å². The van der Waals surface area contributed by atoms with E-state index in [0.29, 0.717) is 10.8 Å². The zero-order chi connectivity index (χ0) is 18.5. The zero-order valence-electron chi connectivity index (χ0n) is 17.3. The van der Waals surface area contributed by atoms with Crippen LogP contribution in [0, 0.1) is 46.3 Å². The van der Waals surface area contributed by atoms with Gasteiger partial charge < -0.3 is 5.11 Å². The van der Waals surface area contributed by atoms with Crippen molar-refractivity contribution in [2.45, 2.75) is 97.8 Å². The molecule has 0 aromatic rings. The second kappa shape index (κ2) is 6.82. The van der Waals surface area contributed by atoms with Crippen LogP contribution >= 0.6 is 0 Å². The van der Waals surface area contributed by atoms with E-state index in [2.05, 4.69) is 13.8 Å². The molecule has 0 aromatic heterocycles. The molecule has 0 amide bonds. The Bertz CT molecular complexity index is 542. The first-order valence-electron chi connectivity index (χ1n) is 11.6. The van der Waals surface area contributed by atoms with Crippen LogP contribution in [-0.2, 0) is 4.79 Å². The maximum Gasteiger partial charge on any atom is 0.306 e. The Morgan fingerprint density at radius 3 is 2.50 bits per heavy atom. The molecule has 4 aliphatic rings. The number of carboxylic acid groups (broad SMARTS) is 1. The monoisotopic (exact) mass is 360 g/mol. The lowest BCUT2D eigenvalue weighted by Gasteiger charge is -2.60. The second-order valence-corrected chi connectivity index (χ2v) is 11.0. The maximum atomic E-state index is 11.2. The predicted molar refractivity (Wildman–Crippen MR) is 106 cm³/mol. The average molecular weight is 361 g/mol. The van der Waals surface area contributed by atoms with Crippen LogP contribution in [0.5, 0.6) is 0 Å². The Balaban J connectivity index is 1.48. The molecule has 0 radical (unpaired) electrons. The smallest absolute Gasteiger partial charge is 0.306 e. The number of carboxylic acids is 1. The Morgan fingerprint density at radius 1 is 0.962 bits per heavy atom. The Morgan fingerprint density at radius 2 is 1.73 bits per heavy atom. The Kier molecular flexibility index (Phi) is 4.93. The number of aliphatic carboxylic acids is 1. The van der Waals surface area contributed by atoms with E-state index in [-0.39, 0.29) is 5.92 Å². The Labute approximate surface area is 160 Å². The molecule has 0 aliphatic heterocycles. The van der Waals surface area contributed by atoms with E-state index in [0.717, 1.165) is 42.4 Å². The second-order valence-electron chi connectivity index (χ2n) is 11.0. The van der Waals surface area contributed by atoms with Gasteiger partial charge in [-0.05, 0) is 105 Å². The highest BCUT2D eigenvalue weighted by molar-refractivity contribution is 5.69. The first-order chi connectivity index (χ1) is 12.4. The first-order valence-corrected chi connectivity index (χ1v) is 11.6. The minimum Gasteiger partial charge on any atom is -0.481 e. The van der Waals surface area contributed by atoms with Crippen molar-refractivity contribution in [3.63, 3.8) is 0 Å². The van der Waals surface area contributed by atoms with Crippen LogP contribution in [0.1, 0.15) is 97.8 Å². The average Bonchev–Trinajstić information content (AvgIpc) is 2.95. The van der Waals surface area contributed by atoms with Crippen LogP contribution < -0.4 is 0 Å². The topological polar surface area (TPSA) is 37.3 Å². The van der Waals surface area contributed by atoms with E-state index in [1.54, 1.807) is 0 Å². The molecule has 4 saturated carbocycles. The third kappa shape index (κ3) is 2.85. The van der Waals surface area contributed by atoms with E-state index in [1.807, 2.05) is 6.92 Å². The largest absolute Gasteiger partial charge is 0.481 e. The van der Waals surface area contributed by atoms with E-state index in [4.69, 9.17) is 0 Å². The van der Waals surface area contributed by atoms with Gasteiger partial charge in [0.1, 0.15) is 0 Å². The molecule has 4 fully saturated rings. The molecule has 1 N–H and O–H groups in total. The Hall–Kier alpha value is -0.530. The van der Waals surface area contributed by atoms with Crippen molar-refractivity contribution in [2.24, 2.45) is 46.3 Å². The van der Waals surface area contributed by atoms with Gasteiger partial charge >= 0.3 is 5.97 Å². The molecule has 4 rings (SSSR count). The summed E-state index contributed by atoms with van der Waals surface area (Å²) in [7, 11) is 0. The normalized spacial score (nSPS) is 49.0. The number of fused-ring (bicyclic) bond motifs is 5. The maximum absolute atomic E-state index is 11.2. The first kappa shape index (κ1) is 18.8. The third-order valence-corrected chi connectivity index (χ3v) is 10.1. The summed E-state index contributed by atoms with van der Waals surface area (Å²) in [6.07, 6.45) is 16.6. The number of hydrogen-bond donors (Lipinski definition) is 1. The molecule has 0 bridgehead atoms. The molecule has 2 nitrogen and oxygen atoms in total. The fraction of sp³-hybridized carbons (Fsp3) is 0.958. The summed E-state index contributed by atoms with van der Waals surface area (Å²) in [5, 5.41) is 9.25. The fourth-order valence-corrected chi connectivity index (χ4v) is 8.45. The van der Waals surface area contributed by atoms with Crippen LogP contribution in [0.15, 0.2) is 0 Å². The third-order valence-electron chi connectivity index (χ3n) is 10.1. The van der Waals surface area contributed by atoms with Crippen LogP contribution in [0.3, 0.4) is 0 Å². The van der Waals surface area contributed by atoms with Crippen molar-refractivity contribution >= 4 is 5.97 Å². The summed E-state index contributed by atoms with van der Waals surface area (Å²) in [6.45, 7) is 7.14. The predicted octanol–water partition coefficient (Wildman–Crippen LogP) is 6.54. The molecule has 0 heterocycles. The molecule has 26 heavy (non-hydrogen) atoms. The molecule has 4 aliphatic carbocycles. The molecule has 8 atom stereocenters. The van der Waals surface area contributed by atoms with Crippen molar-refractivity contribution in [3.05, 3.63) is 0 Å². The molecule has 2 heteroatoms. The highest BCUT2D eigenvalue weighted by Gasteiger charge is 2.59. The molecule has 0 spiro atoms. The quantitative estimate of drug-likeness (QED) is 0.618. The summed E-state index contributed by atoms with van der Waals surface area (Å²) < 4.78 is 0. The van der Waals surface area contributed by atoms with Crippen molar-refractivity contribution in [1.82, 2.24) is 0 Å². The molecular formula is C24H40O2. The van der Waals surface area contributed by atoms with Gasteiger partial charge in [-0.25, -0.2) is 0 Å². The van der Waals surface area contributed by atoms with Gasteiger partial charge in [-0.15, -0.1) is 0 Å². The fourth-order valence-electron chi connectivity index (χ4n) is 8.45. The number of rotatable bonds is 4. The lowest BCUT2D eigenvalue weighted by Crippen LogP contribution is -2.52. The van der Waals surface area contributed by atoms with Crippen molar-refractivity contribution in [2.75, 3.05) is 0 Å². The molecule has 8 unspecified atom stereocenters. The van der Waals surface area contributed by atoms with Gasteiger partial charge in [-0.2, -0.15) is 0 Å². The number of hydrogen-bond acceptors (Lipinski definition) is 1. The van der Waals surface area contributed by atoms with E-state index >= 15 is 0 Å².